The van der Waals surface area contributed by atoms with Gasteiger partial charge in [-0.25, -0.2) is 0 Å². The molecular formula is C17H28N2O. The number of nitrogens with zero attached hydrogens (tertiary/aromatic N) is 1. The van der Waals surface area contributed by atoms with Crippen LogP contribution < -0.4 is 10.1 Å². The van der Waals surface area contributed by atoms with Crippen molar-refractivity contribution in [1.82, 2.24) is 4.90 Å². The van der Waals surface area contributed by atoms with Gasteiger partial charge >= 0.3 is 0 Å². The Bertz CT molecular complexity index is 433. The van der Waals surface area contributed by atoms with Crippen LogP contribution in [-0.4, -0.2) is 37.7 Å². The molecule has 112 valence electrons. The minimum Gasteiger partial charge on any atom is -0.496 e. The summed E-state index contributed by atoms with van der Waals surface area (Å²) >= 11 is 0. The number of nitrogens with one attached hydrogen (secondary N) is 1. The van der Waals surface area contributed by atoms with E-state index in [9.17, 15) is 0 Å². The number of likely N-dealkylation sites (tertiary alicyclic amines) is 1. The van der Waals surface area contributed by atoms with Gasteiger partial charge in [-0.2, -0.15) is 0 Å². The van der Waals surface area contributed by atoms with Gasteiger partial charge < -0.3 is 15.0 Å². The molecule has 0 saturated carbocycles. The van der Waals surface area contributed by atoms with E-state index in [-0.39, 0.29) is 0 Å². The predicted molar refractivity (Wildman–Crippen MR) is 85.7 cm³/mol. The quantitative estimate of drug-likeness (QED) is 0.890. The van der Waals surface area contributed by atoms with Gasteiger partial charge in [-0.15, -0.1) is 0 Å². The first-order chi connectivity index (χ1) is 9.63. The monoisotopic (exact) mass is 276 g/mol. The van der Waals surface area contributed by atoms with Crippen molar-refractivity contribution in [2.75, 3.05) is 32.1 Å². The molecule has 1 N–H and O–H groups in total. The van der Waals surface area contributed by atoms with Crippen LogP contribution in [0.3, 0.4) is 0 Å². The summed E-state index contributed by atoms with van der Waals surface area (Å²) in [5, 5.41) is 3.67. The van der Waals surface area contributed by atoms with Crippen molar-refractivity contribution in [3.63, 3.8) is 0 Å². The second kappa shape index (κ2) is 6.98. The number of methoxy groups -OCH3 is 1. The van der Waals surface area contributed by atoms with Crippen molar-refractivity contribution < 1.29 is 4.74 Å². The largest absolute Gasteiger partial charge is 0.496 e. The third-order valence-electron chi connectivity index (χ3n) is 4.49. The summed E-state index contributed by atoms with van der Waals surface area (Å²) in [6.07, 6.45) is 2.66. The predicted octanol–water partition coefficient (Wildman–Crippen LogP) is 3.54. The Hall–Kier alpha value is -1.22. The first-order valence-electron chi connectivity index (χ1n) is 7.77. The second-order valence-corrected chi connectivity index (χ2v) is 5.91. The van der Waals surface area contributed by atoms with Crippen molar-refractivity contribution >= 4 is 5.69 Å². The molecule has 1 aromatic carbocycles. The lowest BCUT2D eigenvalue weighted by molar-refractivity contribution is 0.172. The smallest absolute Gasteiger partial charge is 0.121 e. The summed E-state index contributed by atoms with van der Waals surface area (Å²) < 4.78 is 5.32. The summed E-state index contributed by atoms with van der Waals surface area (Å²) in [6, 6.07) is 6.85. The summed E-state index contributed by atoms with van der Waals surface area (Å²) in [5.41, 5.74) is 2.38. The van der Waals surface area contributed by atoms with Gasteiger partial charge in [0, 0.05) is 18.3 Å². The number of ether oxygens (including phenoxy) is 1. The zero-order valence-electron chi connectivity index (χ0n) is 13.3. The van der Waals surface area contributed by atoms with Gasteiger partial charge in [-0.1, -0.05) is 6.92 Å². The first kappa shape index (κ1) is 15.2. The SMILES string of the molecule is CCN1CCCC(C(C)Nc2ccc(OC)c(C)c2)C1. The van der Waals surface area contributed by atoms with Crippen molar-refractivity contribution in [3.8, 4) is 5.75 Å². The zero-order valence-corrected chi connectivity index (χ0v) is 13.3. The number of piperidine rings is 1. The van der Waals surface area contributed by atoms with E-state index >= 15 is 0 Å². The normalized spacial score (nSPS) is 21.5. The number of hydrogen-bond donors (Lipinski definition) is 1. The second-order valence-electron chi connectivity index (χ2n) is 5.91. The minimum absolute atomic E-state index is 0.511. The molecule has 3 heteroatoms. The molecule has 1 heterocycles. The summed E-state index contributed by atoms with van der Waals surface area (Å²) in [6.45, 7) is 10.3. The van der Waals surface area contributed by atoms with E-state index in [1.165, 1.54) is 43.7 Å². The lowest BCUT2D eigenvalue weighted by Gasteiger charge is -2.35. The van der Waals surface area contributed by atoms with Gasteiger partial charge in [0.2, 0.25) is 0 Å². The van der Waals surface area contributed by atoms with Crippen molar-refractivity contribution in [3.05, 3.63) is 23.8 Å². The fourth-order valence-electron chi connectivity index (χ4n) is 3.14. The molecule has 2 rings (SSSR count). The Labute approximate surface area is 123 Å². The van der Waals surface area contributed by atoms with Gasteiger partial charge in [-0.05, 0) is 69.5 Å². The van der Waals surface area contributed by atoms with E-state index in [0.717, 1.165) is 11.7 Å². The number of hydrogen-bond acceptors (Lipinski definition) is 3. The molecule has 0 radical (unpaired) electrons. The molecular weight excluding hydrogens is 248 g/mol. The van der Waals surface area contributed by atoms with Crippen LogP contribution >= 0.6 is 0 Å². The Kier molecular flexibility index (Phi) is 5.30. The summed E-state index contributed by atoms with van der Waals surface area (Å²) in [7, 11) is 1.72. The van der Waals surface area contributed by atoms with E-state index in [1.807, 2.05) is 6.07 Å². The van der Waals surface area contributed by atoms with Crippen molar-refractivity contribution in [2.24, 2.45) is 5.92 Å². The number of benzene rings is 1. The Morgan fingerprint density at radius 3 is 2.90 bits per heavy atom. The van der Waals surface area contributed by atoms with Gasteiger partial charge in [0.1, 0.15) is 5.75 Å². The molecule has 2 atom stereocenters. The summed E-state index contributed by atoms with van der Waals surface area (Å²) in [5.74, 6) is 1.70. The van der Waals surface area contributed by atoms with E-state index in [1.54, 1.807) is 7.11 Å². The number of rotatable bonds is 5. The third kappa shape index (κ3) is 3.66. The molecule has 2 unspecified atom stereocenters. The maximum Gasteiger partial charge on any atom is 0.121 e. The molecule has 20 heavy (non-hydrogen) atoms. The van der Waals surface area contributed by atoms with Gasteiger partial charge in [-0.3, -0.25) is 0 Å². The maximum atomic E-state index is 5.32. The molecule has 0 amide bonds. The van der Waals surface area contributed by atoms with Crippen LogP contribution in [0.2, 0.25) is 0 Å². The highest BCUT2D eigenvalue weighted by Gasteiger charge is 2.23. The van der Waals surface area contributed by atoms with Crippen LogP contribution in [0.4, 0.5) is 5.69 Å². The highest BCUT2D eigenvalue weighted by atomic mass is 16.5. The Morgan fingerprint density at radius 2 is 2.25 bits per heavy atom. The Morgan fingerprint density at radius 1 is 1.45 bits per heavy atom. The molecule has 1 fully saturated rings. The molecule has 0 aromatic heterocycles. The minimum atomic E-state index is 0.511. The van der Waals surface area contributed by atoms with Crippen LogP contribution in [-0.2, 0) is 0 Å². The van der Waals surface area contributed by atoms with Crippen molar-refractivity contribution in [1.29, 1.82) is 0 Å². The summed E-state index contributed by atoms with van der Waals surface area (Å²) in [4.78, 5) is 2.56. The average molecular weight is 276 g/mol. The highest BCUT2D eigenvalue weighted by Crippen LogP contribution is 2.25. The first-order valence-corrected chi connectivity index (χ1v) is 7.77. The molecule has 3 nitrogen and oxygen atoms in total. The maximum absolute atomic E-state index is 5.32. The molecule has 0 spiro atoms. The molecule has 1 aliphatic heterocycles. The lowest BCUT2D eigenvalue weighted by atomic mass is 9.91. The number of anilines is 1. The standard InChI is InChI=1S/C17H28N2O/c1-5-19-10-6-7-15(12-19)14(3)18-16-8-9-17(20-4)13(2)11-16/h8-9,11,14-15,18H,5-7,10,12H2,1-4H3. The topological polar surface area (TPSA) is 24.5 Å². The fourth-order valence-corrected chi connectivity index (χ4v) is 3.14. The fraction of sp³-hybridized carbons (Fsp3) is 0.647. The third-order valence-corrected chi connectivity index (χ3v) is 4.49. The highest BCUT2D eigenvalue weighted by molar-refractivity contribution is 5.51. The molecule has 1 saturated heterocycles. The van der Waals surface area contributed by atoms with Crippen LogP contribution in [0, 0.1) is 12.8 Å². The van der Waals surface area contributed by atoms with E-state index < -0.39 is 0 Å². The molecule has 0 aliphatic carbocycles. The Balaban J connectivity index is 1.96. The van der Waals surface area contributed by atoms with E-state index in [4.69, 9.17) is 4.74 Å². The van der Waals surface area contributed by atoms with Crippen LogP contribution in [0.5, 0.6) is 5.75 Å². The van der Waals surface area contributed by atoms with Crippen molar-refractivity contribution in [2.45, 2.75) is 39.7 Å². The number of aryl methyl sites for hydroxylation is 1. The van der Waals surface area contributed by atoms with Gasteiger partial charge in [0.05, 0.1) is 7.11 Å². The van der Waals surface area contributed by atoms with Gasteiger partial charge in [0.25, 0.3) is 0 Å². The van der Waals surface area contributed by atoms with Crippen LogP contribution in [0.1, 0.15) is 32.3 Å². The van der Waals surface area contributed by atoms with Crippen LogP contribution in [0.15, 0.2) is 18.2 Å². The van der Waals surface area contributed by atoms with Gasteiger partial charge in [0.15, 0.2) is 0 Å². The van der Waals surface area contributed by atoms with E-state index in [0.29, 0.717) is 6.04 Å². The molecule has 0 bridgehead atoms. The molecule has 1 aromatic rings. The zero-order chi connectivity index (χ0) is 14.5. The van der Waals surface area contributed by atoms with Crippen LogP contribution in [0.25, 0.3) is 0 Å². The average Bonchev–Trinajstić information content (AvgIpc) is 2.47. The molecule has 1 aliphatic rings. The van der Waals surface area contributed by atoms with E-state index in [2.05, 4.69) is 43.1 Å². The lowest BCUT2D eigenvalue weighted by Crippen LogP contribution is -2.41.